The second-order valence-corrected chi connectivity index (χ2v) is 9.98. The summed E-state index contributed by atoms with van der Waals surface area (Å²) in [5.41, 5.74) is 2.31. The standard InChI is InChI=1S/C27H29N3O4S/c1-5-6-15-34-21-13-11-20(12-14-21)24(31)22-23(19-9-7-18(8-10-19)16(2)3)30(26(33)25(22)32)27-29-28-17(4)35-27/h7-14,16,23,31H,5-6,15H2,1-4H3/t23-/m1/s1. The number of carbonyl (C=O) groups excluding carboxylic acids is 2. The van der Waals surface area contributed by atoms with Crippen LogP contribution in [0.4, 0.5) is 5.13 Å². The van der Waals surface area contributed by atoms with Gasteiger partial charge < -0.3 is 9.84 Å². The van der Waals surface area contributed by atoms with Gasteiger partial charge in [0.05, 0.1) is 18.2 Å². The Kier molecular flexibility index (Phi) is 7.31. The minimum atomic E-state index is -0.816. The van der Waals surface area contributed by atoms with Gasteiger partial charge in [-0.15, -0.1) is 10.2 Å². The van der Waals surface area contributed by atoms with Crippen molar-refractivity contribution in [2.24, 2.45) is 0 Å². The maximum absolute atomic E-state index is 13.2. The Balaban J connectivity index is 1.79. The summed E-state index contributed by atoms with van der Waals surface area (Å²) >= 11 is 1.23. The molecule has 0 bridgehead atoms. The van der Waals surface area contributed by atoms with Crippen LogP contribution in [-0.4, -0.2) is 33.6 Å². The summed E-state index contributed by atoms with van der Waals surface area (Å²) in [6, 6.07) is 13.8. The number of unbranched alkanes of at least 4 members (excludes halogenated alkanes) is 1. The van der Waals surface area contributed by atoms with Crippen LogP contribution in [0.5, 0.6) is 5.75 Å². The van der Waals surface area contributed by atoms with Crippen LogP contribution >= 0.6 is 11.3 Å². The van der Waals surface area contributed by atoms with Crippen molar-refractivity contribution in [1.82, 2.24) is 10.2 Å². The molecule has 182 valence electrons. The number of aromatic nitrogens is 2. The van der Waals surface area contributed by atoms with Crippen molar-refractivity contribution in [3.63, 3.8) is 0 Å². The minimum absolute atomic E-state index is 0.0276. The average Bonchev–Trinajstić information content (AvgIpc) is 3.39. The molecule has 0 saturated carbocycles. The number of ketones is 1. The van der Waals surface area contributed by atoms with E-state index in [0.717, 1.165) is 18.4 Å². The van der Waals surface area contributed by atoms with Crippen LogP contribution in [0, 0.1) is 6.92 Å². The normalized spacial score (nSPS) is 17.4. The lowest BCUT2D eigenvalue weighted by atomic mass is 9.93. The van der Waals surface area contributed by atoms with Gasteiger partial charge in [0.25, 0.3) is 5.78 Å². The van der Waals surface area contributed by atoms with E-state index in [9.17, 15) is 14.7 Å². The number of Topliss-reactive ketones (excluding diaryl/α,β-unsaturated/α-hetero) is 1. The van der Waals surface area contributed by atoms with Gasteiger partial charge in [0, 0.05) is 5.56 Å². The SMILES string of the molecule is CCCCOc1ccc(C(O)=C2C(=O)C(=O)N(c3nnc(C)s3)[C@@H]2c2ccc(C(C)C)cc2)cc1. The van der Waals surface area contributed by atoms with E-state index in [1.54, 1.807) is 31.2 Å². The first kappa shape index (κ1) is 24.6. The van der Waals surface area contributed by atoms with Crippen LogP contribution in [0.15, 0.2) is 54.1 Å². The molecule has 2 aromatic carbocycles. The number of carbonyl (C=O) groups is 2. The maximum Gasteiger partial charge on any atom is 0.301 e. The van der Waals surface area contributed by atoms with Crippen molar-refractivity contribution < 1.29 is 19.4 Å². The number of aryl methyl sites for hydroxylation is 1. The van der Waals surface area contributed by atoms with E-state index in [1.165, 1.54) is 16.2 Å². The molecular formula is C27H29N3O4S. The van der Waals surface area contributed by atoms with Gasteiger partial charge in [-0.2, -0.15) is 0 Å². The number of hydrogen-bond acceptors (Lipinski definition) is 7. The molecular weight excluding hydrogens is 462 g/mol. The Hall–Kier alpha value is -3.52. The number of amides is 1. The molecule has 0 aliphatic carbocycles. The van der Waals surface area contributed by atoms with Gasteiger partial charge in [-0.1, -0.05) is 62.8 Å². The Morgan fingerprint density at radius 1 is 1.09 bits per heavy atom. The van der Waals surface area contributed by atoms with E-state index in [0.29, 0.717) is 39.5 Å². The highest BCUT2D eigenvalue weighted by atomic mass is 32.1. The fourth-order valence-corrected chi connectivity index (χ4v) is 4.70. The van der Waals surface area contributed by atoms with E-state index in [4.69, 9.17) is 4.74 Å². The van der Waals surface area contributed by atoms with E-state index < -0.39 is 17.7 Å². The molecule has 1 atom stereocenters. The zero-order valence-electron chi connectivity index (χ0n) is 20.3. The fraction of sp³-hybridized carbons (Fsp3) is 0.333. The zero-order valence-corrected chi connectivity index (χ0v) is 21.1. The predicted octanol–water partition coefficient (Wildman–Crippen LogP) is 5.78. The zero-order chi connectivity index (χ0) is 25.1. The molecule has 1 N–H and O–H groups in total. The summed E-state index contributed by atoms with van der Waals surface area (Å²) in [6.45, 7) is 8.69. The van der Waals surface area contributed by atoms with Gasteiger partial charge >= 0.3 is 5.91 Å². The van der Waals surface area contributed by atoms with E-state index in [2.05, 4.69) is 31.0 Å². The van der Waals surface area contributed by atoms with Crippen molar-refractivity contribution in [1.29, 1.82) is 0 Å². The van der Waals surface area contributed by atoms with E-state index in [1.807, 2.05) is 24.3 Å². The van der Waals surface area contributed by atoms with Crippen molar-refractivity contribution in [3.05, 3.63) is 75.8 Å². The lowest BCUT2D eigenvalue weighted by Crippen LogP contribution is -2.29. The lowest BCUT2D eigenvalue weighted by Gasteiger charge is -2.23. The summed E-state index contributed by atoms with van der Waals surface area (Å²) in [4.78, 5) is 27.7. The van der Waals surface area contributed by atoms with Crippen LogP contribution < -0.4 is 9.64 Å². The minimum Gasteiger partial charge on any atom is -0.507 e. The average molecular weight is 492 g/mol. The van der Waals surface area contributed by atoms with Gasteiger partial charge in [0.1, 0.15) is 16.5 Å². The number of ether oxygens (including phenoxy) is 1. The Morgan fingerprint density at radius 3 is 2.34 bits per heavy atom. The van der Waals surface area contributed by atoms with Gasteiger partial charge in [-0.05, 0) is 54.7 Å². The maximum atomic E-state index is 13.2. The van der Waals surface area contributed by atoms with Crippen molar-refractivity contribution >= 4 is 33.9 Å². The summed E-state index contributed by atoms with van der Waals surface area (Å²) in [6.07, 6.45) is 1.98. The first-order chi connectivity index (χ1) is 16.8. The van der Waals surface area contributed by atoms with E-state index >= 15 is 0 Å². The molecule has 1 aliphatic rings. The topological polar surface area (TPSA) is 92.6 Å². The summed E-state index contributed by atoms with van der Waals surface area (Å²) in [5, 5.41) is 20.4. The van der Waals surface area contributed by atoms with Crippen molar-refractivity contribution in [2.75, 3.05) is 11.5 Å². The first-order valence-electron chi connectivity index (χ1n) is 11.8. The predicted molar refractivity (Wildman–Crippen MR) is 137 cm³/mol. The number of benzene rings is 2. The third kappa shape index (κ3) is 4.98. The van der Waals surface area contributed by atoms with Crippen LogP contribution in [0.25, 0.3) is 5.76 Å². The molecule has 0 radical (unpaired) electrons. The highest BCUT2D eigenvalue weighted by molar-refractivity contribution is 7.15. The summed E-state index contributed by atoms with van der Waals surface area (Å²) in [7, 11) is 0. The monoisotopic (exact) mass is 491 g/mol. The second-order valence-electron chi connectivity index (χ2n) is 8.82. The molecule has 0 unspecified atom stereocenters. The Labute approximate surface area is 209 Å². The highest BCUT2D eigenvalue weighted by Gasteiger charge is 2.48. The number of rotatable bonds is 8. The summed E-state index contributed by atoms with van der Waals surface area (Å²) < 4.78 is 5.70. The molecule has 2 heterocycles. The lowest BCUT2D eigenvalue weighted by molar-refractivity contribution is -0.132. The molecule has 4 rings (SSSR count). The molecule has 3 aromatic rings. The molecule has 1 amide bonds. The van der Waals surface area contributed by atoms with E-state index in [-0.39, 0.29) is 11.3 Å². The van der Waals surface area contributed by atoms with Crippen molar-refractivity contribution in [2.45, 2.75) is 52.5 Å². The fourth-order valence-electron chi connectivity index (χ4n) is 3.99. The third-order valence-corrected chi connectivity index (χ3v) is 6.82. The summed E-state index contributed by atoms with van der Waals surface area (Å²) in [5.74, 6) is -0.707. The van der Waals surface area contributed by atoms with Crippen LogP contribution in [0.3, 0.4) is 0 Å². The Morgan fingerprint density at radius 2 is 1.77 bits per heavy atom. The number of aliphatic hydroxyl groups is 1. The quantitative estimate of drug-likeness (QED) is 0.186. The highest BCUT2D eigenvalue weighted by Crippen LogP contribution is 2.43. The molecule has 1 aliphatic heterocycles. The first-order valence-corrected chi connectivity index (χ1v) is 12.6. The number of aliphatic hydroxyl groups excluding tert-OH is 1. The van der Waals surface area contributed by atoms with Crippen LogP contribution in [0.2, 0.25) is 0 Å². The molecule has 1 saturated heterocycles. The smallest absolute Gasteiger partial charge is 0.301 e. The largest absolute Gasteiger partial charge is 0.507 e. The molecule has 0 spiro atoms. The number of hydrogen-bond donors (Lipinski definition) is 1. The third-order valence-electron chi connectivity index (χ3n) is 5.98. The molecule has 1 aromatic heterocycles. The molecule has 1 fully saturated rings. The number of anilines is 1. The van der Waals surface area contributed by atoms with Gasteiger partial charge in [0.15, 0.2) is 0 Å². The van der Waals surface area contributed by atoms with Gasteiger partial charge in [-0.25, -0.2) is 0 Å². The second kappa shape index (κ2) is 10.4. The molecule has 7 nitrogen and oxygen atoms in total. The van der Waals surface area contributed by atoms with Crippen LogP contribution in [-0.2, 0) is 9.59 Å². The number of nitrogens with zero attached hydrogens (tertiary/aromatic N) is 3. The van der Waals surface area contributed by atoms with Gasteiger partial charge in [0.2, 0.25) is 5.13 Å². The van der Waals surface area contributed by atoms with Crippen molar-refractivity contribution in [3.8, 4) is 5.75 Å². The Bertz CT molecular complexity index is 1250. The molecule has 8 heteroatoms. The van der Waals surface area contributed by atoms with Crippen LogP contribution in [0.1, 0.15) is 67.3 Å². The molecule has 35 heavy (non-hydrogen) atoms. The van der Waals surface area contributed by atoms with Gasteiger partial charge in [-0.3, -0.25) is 14.5 Å².